The van der Waals surface area contributed by atoms with Gasteiger partial charge in [-0.05, 0) is 12.1 Å². The molecule has 0 unspecified atom stereocenters. The number of nitriles is 1. The highest BCUT2D eigenvalue weighted by Gasteiger charge is 2.18. The van der Waals surface area contributed by atoms with Crippen LogP contribution < -0.4 is 5.56 Å². The van der Waals surface area contributed by atoms with Crippen LogP contribution >= 0.6 is 22.7 Å². The van der Waals surface area contributed by atoms with Crippen molar-refractivity contribution in [2.45, 2.75) is 0 Å². The number of aromatic hydroxyl groups is 1. The topological polar surface area (TPSA) is 86.1 Å². The molecule has 0 fully saturated rings. The van der Waals surface area contributed by atoms with Gasteiger partial charge < -0.3 is 14.8 Å². The van der Waals surface area contributed by atoms with E-state index in [0.717, 1.165) is 15.3 Å². The molecule has 3 aromatic rings. The lowest BCUT2D eigenvalue weighted by Crippen LogP contribution is -2.09. The molecule has 7 heteroatoms. The molecule has 5 nitrogen and oxygen atoms in total. The summed E-state index contributed by atoms with van der Waals surface area (Å²) in [5, 5.41) is 21.6. The van der Waals surface area contributed by atoms with Crippen molar-refractivity contribution >= 4 is 32.9 Å². The van der Waals surface area contributed by atoms with Gasteiger partial charge in [0.05, 0.1) is 10.3 Å². The number of H-pyrrole nitrogens is 1. The van der Waals surface area contributed by atoms with Crippen molar-refractivity contribution in [1.82, 2.24) is 4.98 Å². The van der Waals surface area contributed by atoms with Gasteiger partial charge in [-0.3, -0.25) is 4.79 Å². The number of aromatic nitrogens is 1. The Bertz CT molecular complexity index is 1040. The van der Waals surface area contributed by atoms with Crippen LogP contribution in [0.1, 0.15) is 10.4 Å². The van der Waals surface area contributed by atoms with Crippen molar-refractivity contribution < 1.29 is 9.84 Å². The average molecular weight is 342 g/mol. The van der Waals surface area contributed by atoms with E-state index in [-0.39, 0.29) is 11.3 Å². The molecular formula is C16H10N2O3S2. The van der Waals surface area contributed by atoms with Crippen LogP contribution in [0.15, 0.2) is 22.3 Å². The highest BCUT2D eigenvalue weighted by atomic mass is 32.1. The van der Waals surface area contributed by atoms with E-state index in [4.69, 9.17) is 10.00 Å². The van der Waals surface area contributed by atoms with E-state index in [2.05, 4.69) is 16.8 Å². The lowest BCUT2D eigenvalue weighted by atomic mass is 10.1. The Kier molecular flexibility index (Phi) is 4.18. The molecule has 0 saturated carbocycles. The monoisotopic (exact) mass is 342 g/mol. The number of hydrogen-bond acceptors (Lipinski definition) is 6. The first-order chi connectivity index (χ1) is 11.2. The third kappa shape index (κ3) is 2.73. The molecule has 0 aliphatic rings. The summed E-state index contributed by atoms with van der Waals surface area (Å²) in [6.07, 6.45) is 0. The second-order valence-corrected chi connectivity index (χ2v) is 6.51. The van der Waals surface area contributed by atoms with Crippen LogP contribution in [0.5, 0.6) is 5.75 Å². The standard InChI is InChI=1S/C16H10N2O3S2/c1-21-6-2-3-9-4-5-12(23-9)11-8-22-16-13(11)14(19)10(7-17)15(20)18-16/h4-5,8H,6H2,1H3,(H2,18,19,20). The molecule has 0 atom stereocenters. The van der Waals surface area contributed by atoms with Crippen LogP contribution in [0, 0.1) is 23.2 Å². The molecule has 0 saturated heterocycles. The first-order valence-electron chi connectivity index (χ1n) is 6.50. The maximum Gasteiger partial charge on any atom is 0.270 e. The van der Waals surface area contributed by atoms with Gasteiger partial charge in [-0.1, -0.05) is 11.8 Å². The van der Waals surface area contributed by atoms with Gasteiger partial charge in [0, 0.05) is 22.9 Å². The predicted molar refractivity (Wildman–Crippen MR) is 90.9 cm³/mol. The zero-order valence-electron chi connectivity index (χ0n) is 12.0. The molecule has 3 heterocycles. The van der Waals surface area contributed by atoms with E-state index < -0.39 is 5.56 Å². The lowest BCUT2D eigenvalue weighted by molar-refractivity contribution is 0.240. The van der Waals surface area contributed by atoms with E-state index in [1.165, 1.54) is 22.7 Å². The number of pyridine rings is 1. The fraction of sp³-hybridized carbons (Fsp3) is 0.125. The molecule has 0 bridgehead atoms. The van der Waals surface area contributed by atoms with Gasteiger partial charge in [0.2, 0.25) is 0 Å². The van der Waals surface area contributed by atoms with E-state index in [1.807, 2.05) is 17.5 Å². The van der Waals surface area contributed by atoms with E-state index >= 15 is 0 Å². The molecule has 0 aromatic carbocycles. The number of nitrogens with one attached hydrogen (secondary N) is 1. The Labute approximate surface area is 139 Å². The van der Waals surface area contributed by atoms with Crippen LogP contribution in [0.25, 0.3) is 20.7 Å². The molecule has 114 valence electrons. The zero-order valence-corrected chi connectivity index (χ0v) is 13.6. The van der Waals surface area contributed by atoms with Gasteiger partial charge in [0.1, 0.15) is 23.3 Å². The molecular weight excluding hydrogens is 332 g/mol. The molecule has 3 rings (SSSR count). The van der Waals surface area contributed by atoms with Crippen molar-refractivity contribution in [2.24, 2.45) is 0 Å². The summed E-state index contributed by atoms with van der Waals surface area (Å²) in [7, 11) is 1.59. The second kappa shape index (κ2) is 6.27. The Morgan fingerprint density at radius 1 is 1.43 bits per heavy atom. The van der Waals surface area contributed by atoms with Gasteiger partial charge in [0.15, 0.2) is 5.56 Å². The number of hydrogen-bond donors (Lipinski definition) is 2. The van der Waals surface area contributed by atoms with E-state index in [9.17, 15) is 9.90 Å². The summed E-state index contributed by atoms with van der Waals surface area (Å²) in [6.45, 7) is 0.363. The third-order valence-electron chi connectivity index (χ3n) is 3.13. The van der Waals surface area contributed by atoms with Crippen molar-refractivity contribution in [3.63, 3.8) is 0 Å². The maximum atomic E-state index is 11.7. The largest absolute Gasteiger partial charge is 0.506 e. The van der Waals surface area contributed by atoms with Gasteiger partial charge in [-0.15, -0.1) is 22.7 Å². The summed E-state index contributed by atoms with van der Waals surface area (Å²) in [6, 6.07) is 5.53. The molecule has 0 radical (unpaired) electrons. The van der Waals surface area contributed by atoms with E-state index in [1.54, 1.807) is 13.2 Å². The quantitative estimate of drug-likeness (QED) is 0.701. The third-order valence-corrected chi connectivity index (χ3v) is 5.06. The molecule has 3 aromatic heterocycles. The van der Waals surface area contributed by atoms with Gasteiger partial charge in [-0.2, -0.15) is 5.26 Å². The molecule has 2 N–H and O–H groups in total. The van der Waals surface area contributed by atoms with Crippen molar-refractivity contribution in [1.29, 1.82) is 5.26 Å². The van der Waals surface area contributed by atoms with Crippen LogP contribution in [0.2, 0.25) is 0 Å². The number of methoxy groups -OCH3 is 1. The van der Waals surface area contributed by atoms with Gasteiger partial charge in [0.25, 0.3) is 5.56 Å². The minimum atomic E-state index is -0.580. The van der Waals surface area contributed by atoms with Crippen molar-refractivity contribution in [3.05, 3.63) is 38.3 Å². The number of rotatable bonds is 2. The number of fused-ring (bicyclic) bond motifs is 1. The Morgan fingerprint density at radius 2 is 2.26 bits per heavy atom. The van der Waals surface area contributed by atoms with Crippen LogP contribution in [0.4, 0.5) is 0 Å². The van der Waals surface area contributed by atoms with Crippen molar-refractivity contribution in [2.75, 3.05) is 13.7 Å². The zero-order chi connectivity index (χ0) is 16.4. The van der Waals surface area contributed by atoms with Crippen molar-refractivity contribution in [3.8, 4) is 34.1 Å². The first-order valence-corrected chi connectivity index (χ1v) is 8.20. The molecule has 0 spiro atoms. The number of aromatic amines is 1. The first kappa shape index (κ1) is 15.3. The van der Waals surface area contributed by atoms with Gasteiger partial charge >= 0.3 is 0 Å². The molecule has 0 aliphatic carbocycles. The maximum absolute atomic E-state index is 11.7. The normalized spacial score (nSPS) is 10.3. The predicted octanol–water partition coefficient (Wildman–Crippen LogP) is 2.89. The van der Waals surface area contributed by atoms with Crippen LogP contribution in [0.3, 0.4) is 0 Å². The van der Waals surface area contributed by atoms with Crippen LogP contribution in [-0.2, 0) is 4.74 Å². The summed E-state index contributed by atoms with van der Waals surface area (Å²) >= 11 is 2.79. The highest BCUT2D eigenvalue weighted by molar-refractivity contribution is 7.19. The van der Waals surface area contributed by atoms with Gasteiger partial charge in [-0.25, -0.2) is 0 Å². The molecule has 0 amide bonds. The van der Waals surface area contributed by atoms with Crippen LogP contribution in [-0.4, -0.2) is 23.8 Å². The minimum Gasteiger partial charge on any atom is -0.506 e. The fourth-order valence-corrected chi connectivity index (χ4v) is 4.05. The molecule has 23 heavy (non-hydrogen) atoms. The Balaban J connectivity index is 2.14. The minimum absolute atomic E-state index is 0.270. The van der Waals surface area contributed by atoms with E-state index in [0.29, 0.717) is 16.8 Å². The number of ether oxygens (including phenoxy) is 1. The Hall–Kier alpha value is -2.58. The smallest absolute Gasteiger partial charge is 0.270 e. The molecule has 0 aliphatic heterocycles. The summed E-state index contributed by atoms with van der Waals surface area (Å²) < 4.78 is 4.89. The second-order valence-electron chi connectivity index (χ2n) is 4.54. The number of thiophene rings is 2. The average Bonchev–Trinajstić information content (AvgIpc) is 3.14. The summed E-state index contributed by atoms with van der Waals surface area (Å²) in [4.78, 5) is 16.7. The summed E-state index contributed by atoms with van der Waals surface area (Å²) in [5.74, 6) is 5.61. The SMILES string of the molecule is COCC#Cc1ccc(-c2csc3[nH]c(=O)c(C#N)c(O)c23)s1. The lowest BCUT2D eigenvalue weighted by Gasteiger charge is -2.00. The summed E-state index contributed by atoms with van der Waals surface area (Å²) in [5.41, 5.74) is -0.0722. The fourth-order valence-electron chi connectivity index (χ4n) is 2.11. The number of nitrogens with zero attached hydrogens (tertiary/aromatic N) is 1. The highest BCUT2D eigenvalue weighted by Crippen LogP contribution is 2.41. The Morgan fingerprint density at radius 3 is 3.00 bits per heavy atom.